The fraction of sp³-hybridized carbons (Fsp3) is 0.500. The standard InChI is InChI=1S/C22H28N4O2/c1-14(2)21(27)24-16-6-5-11-26(13-16)20-12-18(22(28)23-15-9-10-15)17-7-3-4-8-19(17)25-20/h3-4,7-8,12,14-16H,5-6,9-11,13H2,1-2H3,(H,23,28)(H,24,27). The van der Waals surface area contributed by atoms with E-state index in [0.717, 1.165) is 48.9 Å². The number of amides is 2. The summed E-state index contributed by atoms with van der Waals surface area (Å²) in [6.07, 6.45) is 4.08. The van der Waals surface area contributed by atoms with Gasteiger partial charge in [0.05, 0.1) is 11.1 Å². The number of piperidine rings is 1. The van der Waals surface area contributed by atoms with Crippen molar-refractivity contribution < 1.29 is 9.59 Å². The number of hydrogen-bond donors (Lipinski definition) is 2. The molecule has 0 spiro atoms. The number of nitrogens with one attached hydrogen (secondary N) is 2. The molecule has 6 heteroatoms. The summed E-state index contributed by atoms with van der Waals surface area (Å²) in [5, 5.41) is 7.12. The number of hydrogen-bond acceptors (Lipinski definition) is 4. The summed E-state index contributed by atoms with van der Waals surface area (Å²) >= 11 is 0. The third-order valence-electron chi connectivity index (χ3n) is 5.48. The number of nitrogens with zero attached hydrogens (tertiary/aromatic N) is 2. The molecule has 0 radical (unpaired) electrons. The van der Waals surface area contributed by atoms with Crippen molar-refractivity contribution in [1.82, 2.24) is 15.6 Å². The Bertz CT molecular complexity index is 891. The van der Waals surface area contributed by atoms with Gasteiger partial charge in [0.25, 0.3) is 5.91 Å². The molecule has 0 bridgehead atoms. The van der Waals surface area contributed by atoms with E-state index < -0.39 is 0 Å². The van der Waals surface area contributed by atoms with Crippen molar-refractivity contribution in [3.05, 3.63) is 35.9 Å². The SMILES string of the molecule is CC(C)C(=O)NC1CCCN(c2cc(C(=O)NC3CC3)c3ccccc3n2)C1. The van der Waals surface area contributed by atoms with Crippen LogP contribution in [0.3, 0.4) is 0 Å². The molecule has 4 rings (SSSR count). The zero-order chi connectivity index (χ0) is 19.7. The van der Waals surface area contributed by atoms with E-state index >= 15 is 0 Å². The number of carbonyl (C=O) groups excluding carboxylic acids is 2. The second-order valence-corrected chi connectivity index (χ2v) is 8.24. The number of anilines is 1. The molecule has 1 aromatic heterocycles. The first-order chi connectivity index (χ1) is 13.5. The zero-order valence-corrected chi connectivity index (χ0v) is 16.6. The molecular weight excluding hydrogens is 352 g/mol. The quantitative estimate of drug-likeness (QED) is 0.836. The lowest BCUT2D eigenvalue weighted by Gasteiger charge is -2.34. The lowest BCUT2D eigenvalue weighted by Crippen LogP contribution is -2.49. The Morgan fingerprint density at radius 1 is 1.11 bits per heavy atom. The largest absolute Gasteiger partial charge is 0.355 e. The van der Waals surface area contributed by atoms with Crippen LogP contribution in [0.5, 0.6) is 0 Å². The fourth-order valence-corrected chi connectivity index (χ4v) is 3.67. The fourth-order valence-electron chi connectivity index (χ4n) is 3.67. The number of pyridine rings is 1. The maximum Gasteiger partial charge on any atom is 0.252 e. The van der Waals surface area contributed by atoms with Crippen LogP contribution < -0.4 is 15.5 Å². The molecule has 1 unspecified atom stereocenters. The third kappa shape index (κ3) is 4.11. The van der Waals surface area contributed by atoms with Crippen LogP contribution in [0.2, 0.25) is 0 Å². The lowest BCUT2D eigenvalue weighted by atomic mass is 10.0. The van der Waals surface area contributed by atoms with Gasteiger partial charge in [-0.3, -0.25) is 9.59 Å². The summed E-state index contributed by atoms with van der Waals surface area (Å²) in [6, 6.07) is 10.1. The highest BCUT2D eigenvalue weighted by molar-refractivity contribution is 6.07. The highest BCUT2D eigenvalue weighted by atomic mass is 16.2. The van der Waals surface area contributed by atoms with Gasteiger partial charge in [-0.2, -0.15) is 0 Å². The van der Waals surface area contributed by atoms with E-state index in [0.29, 0.717) is 18.2 Å². The number of carbonyl (C=O) groups is 2. The molecule has 1 saturated heterocycles. The second kappa shape index (κ2) is 7.78. The normalized spacial score (nSPS) is 19.7. The Morgan fingerprint density at radius 2 is 1.89 bits per heavy atom. The zero-order valence-electron chi connectivity index (χ0n) is 16.6. The molecule has 6 nitrogen and oxygen atoms in total. The Kier molecular flexibility index (Phi) is 5.20. The molecule has 2 fully saturated rings. The van der Waals surface area contributed by atoms with Crippen molar-refractivity contribution in [1.29, 1.82) is 0 Å². The van der Waals surface area contributed by atoms with Crippen LogP contribution in [-0.2, 0) is 4.79 Å². The molecule has 148 valence electrons. The minimum absolute atomic E-state index is 0.0214. The first kappa shape index (κ1) is 18.7. The number of para-hydroxylation sites is 1. The van der Waals surface area contributed by atoms with E-state index in [9.17, 15) is 9.59 Å². The summed E-state index contributed by atoms with van der Waals surface area (Å²) in [5.74, 6) is 0.849. The summed E-state index contributed by atoms with van der Waals surface area (Å²) in [4.78, 5) is 31.9. The predicted octanol–water partition coefficient (Wildman–Crippen LogP) is 2.87. The van der Waals surface area contributed by atoms with Crippen LogP contribution in [0.4, 0.5) is 5.82 Å². The van der Waals surface area contributed by atoms with E-state index in [1.807, 2.05) is 44.2 Å². The van der Waals surface area contributed by atoms with Crippen LogP contribution in [-0.4, -0.2) is 42.0 Å². The highest BCUT2D eigenvalue weighted by Gasteiger charge is 2.27. The van der Waals surface area contributed by atoms with Crippen molar-refractivity contribution in [2.24, 2.45) is 5.92 Å². The van der Waals surface area contributed by atoms with Gasteiger partial charge < -0.3 is 15.5 Å². The van der Waals surface area contributed by atoms with Crippen molar-refractivity contribution >= 4 is 28.5 Å². The van der Waals surface area contributed by atoms with Gasteiger partial charge in [0.15, 0.2) is 0 Å². The molecule has 2 amide bonds. The van der Waals surface area contributed by atoms with Crippen molar-refractivity contribution in [3.8, 4) is 0 Å². The maximum atomic E-state index is 12.8. The Morgan fingerprint density at radius 3 is 2.64 bits per heavy atom. The minimum atomic E-state index is -0.0241. The molecule has 2 N–H and O–H groups in total. The summed E-state index contributed by atoms with van der Waals surface area (Å²) in [5.41, 5.74) is 1.51. The molecule has 2 aromatic rings. The number of benzene rings is 1. The van der Waals surface area contributed by atoms with Crippen LogP contribution in [0, 0.1) is 5.92 Å². The number of aromatic nitrogens is 1. The molecule has 1 saturated carbocycles. The second-order valence-electron chi connectivity index (χ2n) is 8.24. The van der Waals surface area contributed by atoms with Gasteiger partial charge >= 0.3 is 0 Å². The van der Waals surface area contributed by atoms with E-state index in [-0.39, 0.29) is 23.8 Å². The molecule has 2 aliphatic rings. The average Bonchev–Trinajstić information content (AvgIpc) is 3.51. The highest BCUT2D eigenvalue weighted by Crippen LogP contribution is 2.27. The predicted molar refractivity (Wildman–Crippen MR) is 110 cm³/mol. The van der Waals surface area contributed by atoms with Gasteiger partial charge in [0.2, 0.25) is 5.91 Å². The monoisotopic (exact) mass is 380 g/mol. The molecule has 1 aromatic carbocycles. The van der Waals surface area contributed by atoms with Crippen molar-refractivity contribution in [2.45, 2.75) is 51.6 Å². The number of fused-ring (bicyclic) bond motifs is 1. The smallest absolute Gasteiger partial charge is 0.252 e. The van der Waals surface area contributed by atoms with E-state index in [1.165, 1.54) is 0 Å². The molecular formula is C22H28N4O2. The van der Waals surface area contributed by atoms with Gasteiger partial charge in [0.1, 0.15) is 5.82 Å². The molecule has 28 heavy (non-hydrogen) atoms. The van der Waals surface area contributed by atoms with E-state index in [1.54, 1.807) is 0 Å². The molecule has 1 atom stereocenters. The first-order valence-electron chi connectivity index (χ1n) is 10.3. The van der Waals surface area contributed by atoms with Crippen molar-refractivity contribution in [3.63, 3.8) is 0 Å². The average molecular weight is 380 g/mol. The number of rotatable bonds is 5. The van der Waals surface area contributed by atoms with Crippen LogP contribution in [0.25, 0.3) is 10.9 Å². The molecule has 1 aliphatic carbocycles. The van der Waals surface area contributed by atoms with Gasteiger partial charge in [0, 0.05) is 36.5 Å². The minimum Gasteiger partial charge on any atom is -0.355 e. The topological polar surface area (TPSA) is 74.3 Å². The first-order valence-corrected chi connectivity index (χ1v) is 10.3. The summed E-state index contributed by atoms with van der Waals surface area (Å²) < 4.78 is 0. The van der Waals surface area contributed by atoms with Crippen LogP contribution >= 0.6 is 0 Å². The Balaban J connectivity index is 1.60. The van der Waals surface area contributed by atoms with Gasteiger partial charge in [-0.25, -0.2) is 4.98 Å². The lowest BCUT2D eigenvalue weighted by molar-refractivity contribution is -0.124. The maximum absolute atomic E-state index is 12.8. The van der Waals surface area contributed by atoms with Crippen molar-refractivity contribution in [2.75, 3.05) is 18.0 Å². The molecule has 1 aliphatic heterocycles. The van der Waals surface area contributed by atoms with Gasteiger partial charge in [-0.1, -0.05) is 32.0 Å². The molecule has 2 heterocycles. The third-order valence-corrected chi connectivity index (χ3v) is 5.48. The summed E-state index contributed by atoms with van der Waals surface area (Å²) in [7, 11) is 0. The Hall–Kier alpha value is -2.63. The van der Waals surface area contributed by atoms with E-state index in [2.05, 4.69) is 15.5 Å². The van der Waals surface area contributed by atoms with Crippen LogP contribution in [0.15, 0.2) is 30.3 Å². The van der Waals surface area contributed by atoms with Crippen LogP contribution in [0.1, 0.15) is 49.9 Å². The van der Waals surface area contributed by atoms with Gasteiger partial charge in [-0.15, -0.1) is 0 Å². The van der Waals surface area contributed by atoms with E-state index in [4.69, 9.17) is 4.98 Å². The summed E-state index contributed by atoms with van der Waals surface area (Å²) in [6.45, 7) is 5.41. The Labute approximate surface area is 165 Å². The van der Waals surface area contributed by atoms with Gasteiger partial charge in [-0.05, 0) is 37.8 Å².